The first-order chi connectivity index (χ1) is 9.67. The lowest BCUT2D eigenvalue weighted by Crippen LogP contribution is -2.48. The zero-order valence-corrected chi connectivity index (χ0v) is 12.9. The lowest BCUT2D eigenvalue weighted by Gasteiger charge is -2.40. The lowest BCUT2D eigenvalue weighted by atomic mass is 9.94. The molecular formula is C15H16BrN3O. The van der Waals surface area contributed by atoms with Gasteiger partial charge in [0.1, 0.15) is 5.60 Å². The highest BCUT2D eigenvalue weighted by Crippen LogP contribution is 2.30. The Morgan fingerprint density at radius 3 is 2.60 bits per heavy atom. The number of aromatic nitrogens is 2. The monoisotopic (exact) mass is 333 g/mol. The van der Waals surface area contributed by atoms with Crippen LogP contribution in [0.5, 0.6) is 0 Å². The van der Waals surface area contributed by atoms with Gasteiger partial charge in [0.05, 0.1) is 17.6 Å². The van der Waals surface area contributed by atoms with E-state index in [0.717, 1.165) is 23.5 Å². The largest absolute Gasteiger partial charge is 0.367 e. The second kappa shape index (κ2) is 5.50. The molecule has 1 aromatic carbocycles. The molecule has 3 rings (SSSR count). The molecule has 1 aliphatic heterocycles. The van der Waals surface area contributed by atoms with Crippen molar-refractivity contribution in [3.05, 3.63) is 52.8 Å². The van der Waals surface area contributed by atoms with Crippen molar-refractivity contribution in [3.8, 4) is 0 Å². The highest BCUT2D eigenvalue weighted by atomic mass is 79.9. The smallest absolute Gasteiger partial charge is 0.225 e. The Morgan fingerprint density at radius 1 is 1.20 bits per heavy atom. The summed E-state index contributed by atoms with van der Waals surface area (Å²) < 4.78 is 6.91. The number of halogens is 1. The fraction of sp³-hybridized carbons (Fsp3) is 0.333. The maximum absolute atomic E-state index is 6.02. The molecule has 0 bridgehead atoms. The number of morpholine rings is 1. The van der Waals surface area contributed by atoms with E-state index in [1.165, 1.54) is 5.56 Å². The average Bonchev–Trinajstić information content (AvgIpc) is 2.49. The molecule has 1 saturated heterocycles. The van der Waals surface area contributed by atoms with Crippen molar-refractivity contribution in [1.82, 2.24) is 9.97 Å². The summed E-state index contributed by atoms with van der Waals surface area (Å²) in [6, 6.07) is 10.3. The fourth-order valence-corrected chi connectivity index (χ4v) is 2.68. The highest BCUT2D eigenvalue weighted by Gasteiger charge is 2.34. The molecule has 1 atom stereocenters. The Hall–Kier alpha value is -1.46. The molecule has 2 heterocycles. The number of nitrogens with zero attached hydrogens (tertiary/aromatic N) is 3. The van der Waals surface area contributed by atoms with E-state index in [1.54, 1.807) is 12.4 Å². The third-order valence-electron chi connectivity index (χ3n) is 3.55. The predicted octanol–water partition coefficient (Wildman–Crippen LogP) is 2.99. The van der Waals surface area contributed by atoms with Gasteiger partial charge in [0.15, 0.2) is 0 Å². The molecule has 104 valence electrons. The predicted molar refractivity (Wildman–Crippen MR) is 81.7 cm³/mol. The van der Waals surface area contributed by atoms with Crippen molar-refractivity contribution < 1.29 is 4.74 Å². The molecule has 1 aliphatic rings. The van der Waals surface area contributed by atoms with Gasteiger partial charge in [-0.3, -0.25) is 0 Å². The van der Waals surface area contributed by atoms with E-state index in [1.807, 2.05) is 18.2 Å². The molecular weight excluding hydrogens is 318 g/mol. The van der Waals surface area contributed by atoms with Gasteiger partial charge in [0.25, 0.3) is 0 Å². The van der Waals surface area contributed by atoms with E-state index in [4.69, 9.17) is 4.74 Å². The topological polar surface area (TPSA) is 38.2 Å². The van der Waals surface area contributed by atoms with Crippen molar-refractivity contribution >= 4 is 21.9 Å². The summed E-state index contributed by atoms with van der Waals surface area (Å²) in [6.07, 6.45) is 3.55. The molecule has 1 aromatic heterocycles. The summed E-state index contributed by atoms with van der Waals surface area (Å²) in [5, 5.41) is 0. The number of rotatable bonds is 2. The summed E-state index contributed by atoms with van der Waals surface area (Å²) in [5.41, 5.74) is 0.859. The highest BCUT2D eigenvalue weighted by molar-refractivity contribution is 9.10. The van der Waals surface area contributed by atoms with Crippen LogP contribution in [0.1, 0.15) is 12.5 Å². The number of anilines is 1. The zero-order chi connectivity index (χ0) is 14.0. The van der Waals surface area contributed by atoms with Crippen molar-refractivity contribution in [1.29, 1.82) is 0 Å². The second-order valence-electron chi connectivity index (χ2n) is 5.07. The van der Waals surface area contributed by atoms with Gasteiger partial charge in [0, 0.05) is 18.9 Å². The standard InChI is InChI=1S/C15H16BrN3O/c1-15(12-5-3-2-4-6-12)11-19(7-8-20-15)14-17-9-13(16)10-18-14/h2-6,9-10H,7-8,11H2,1H3. The van der Waals surface area contributed by atoms with E-state index >= 15 is 0 Å². The van der Waals surface area contributed by atoms with Gasteiger partial charge < -0.3 is 9.64 Å². The molecule has 0 spiro atoms. The molecule has 0 aliphatic carbocycles. The van der Waals surface area contributed by atoms with Crippen LogP contribution in [0.4, 0.5) is 5.95 Å². The first kappa shape index (κ1) is 13.5. The Labute approximate surface area is 126 Å². The molecule has 5 heteroatoms. The molecule has 1 fully saturated rings. The zero-order valence-electron chi connectivity index (χ0n) is 11.3. The van der Waals surface area contributed by atoms with Crippen molar-refractivity contribution in [3.63, 3.8) is 0 Å². The third kappa shape index (κ3) is 2.69. The van der Waals surface area contributed by atoms with Crippen LogP contribution in [0.2, 0.25) is 0 Å². The number of hydrogen-bond acceptors (Lipinski definition) is 4. The minimum atomic E-state index is -0.323. The molecule has 0 amide bonds. The molecule has 2 aromatic rings. The molecule has 0 radical (unpaired) electrons. The van der Waals surface area contributed by atoms with Crippen LogP contribution in [-0.4, -0.2) is 29.7 Å². The van der Waals surface area contributed by atoms with Gasteiger partial charge >= 0.3 is 0 Å². The normalized spacial score (nSPS) is 22.8. The van der Waals surface area contributed by atoms with E-state index < -0.39 is 0 Å². The Balaban J connectivity index is 1.84. The van der Waals surface area contributed by atoms with Crippen LogP contribution in [0, 0.1) is 0 Å². The fourth-order valence-electron chi connectivity index (χ4n) is 2.47. The summed E-state index contributed by atoms with van der Waals surface area (Å²) in [4.78, 5) is 10.9. The summed E-state index contributed by atoms with van der Waals surface area (Å²) in [5.74, 6) is 0.749. The van der Waals surface area contributed by atoms with Crippen LogP contribution >= 0.6 is 15.9 Å². The average molecular weight is 334 g/mol. The van der Waals surface area contributed by atoms with Gasteiger partial charge in [-0.05, 0) is 28.4 Å². The van der Waals surface area contributed by atoms with Gasteiger partial charge in [-0.2, -0.15) is 0 Å². The number of benzene rings is 1. The molecule has 4 nitrogen and oxygen atoms in total. The summed E-state index contributed by atoms with van der Waals surface area (Å²) >= 11 is 3.36. The van der Waals surface area contributed by atoms with Crippen LogP contribution in [0.25, 0.3) is 0 Å². The minimum absolute atomic E-state index is 0.323. The minimum Gasteiger partial charge on any atom is -0.367 e. The number of ether oxygens (including phenoxy) is 1. The van der Waals surface area contributed by atoms with Gasteiger partial charge in [-0.1, -0.05) is 30.3 Å². The Morgan fingerprint density at radius 2 is 1.90 bits per heavy atom. The Kier molecular flexibility index (Phi) is 3.72. The van der Waals surface area contributed by atoms with Crippen LogP contribution < -0.4 is 4.90 Å². The first-order valence-corrected chi connectivity index (χ1v) is 7.39. The lowest BCUT2D eigenvalue weighted by molar-refractivity contribution is -0.0470. The van der Waals surface area contributed by atoms with Crippen LogP contribution in [0.15, 0.2) is 47.2 Å². The molecule has 0 N–H and O–H groups in total. The van der Waals surface area contributed by atoms with E-state index in [-0.39, 0.29) is 5.60 Å². The van der Waals surface area contributed by atoms with Crippen LogP contribution in [0.3, 0.4) is 0 Å². The van der Waals surface area contributed by atoms with E-state index in [0.29, 0.717) is 6.61 Å². The van der Waals surface area contributed by atoms with Gasteiger partial charge in [-0.15, -0.1) is 0 Å². The van der Waals surface area contributed by atoms with Crippen LogP contribution in [-0.2, 0) is 10.3 Å². The van der Waals surface area contributed by atoms with E-state index in [2.05, 4.69) is 49.9 Å². The molecule has 1 unspecified atom stereocenters. The number of hydrogen-bond donors (Lipinski definition) is 0. The SMILES string of the molecule is CC1(c2ccccc2)CN(c2ncc(Br)cn2)CCO1. The maximum atomic E-state index is 6.02. The summed E-state index contributed by atoms with van der Waals surface area (Å²) in [6.45, 7) is 4.35. The van der Waals surface area contributed by atoms with Crippen molar-refractivity contribution in [2.75, 3.05) is 24.6 Å². The third-order valence-corrected chi connectivity index (χ3v) is 3.96. The summed E-state index contributed by atoms with van der Waals surface area (Å²) in [7, 11) is 0. The van der Waals surface area contributed by atoms with E-state index in [9.17, 15) is 0 Å². The molecule has 20 heavy (non-hydrogen) atoms. The van der Waals surface area contributed by atoms with Crippen molar-refractivity contribution in [2.24, 2.45) is 0 Å². The second-order valence-corrected chi connectivity index (χ2v) is 5.98. The molecule has 0 saturated carbocycles. The van der Waals surface area contributed by atoms with Gasteiger partial charge in [-0.25, -0.2) is 9.97 Å². The maximum Gasteiger partial charge on any atom is 0.225 e. The van der Waals surface area contributed by atoms with Crippen molar-refractivity contribution in [2.45, 2.75) is 12.5 Å². The van der Waals surface area contributed by atoms with Gasteiger partial charge in [0.2, 0.25) is 5.95 Å². The Bertz CT molecular complexity index is 575. The first-order valence-electron chi connectivity index (χ1n) is 6.59. The quantitative estimate of drug-likeness (QED) is 0.846.